The van der Waals surface area contributed by atoms with Crippen molar-refractivity contribution in [3.05, 3.63) is 77.5 Å². The van der Waals surface area contributed by atoms with Gasteiger partial charge in [-0.25, -0.2) is 4.98 Å². The molecule has 32 heavy (non-hydrogen) atoms. The Morgan fingerprint density at radius 3 is 2.75 bits per heavy atom. The van der Waals surface area contributed by atoms with Crippen LogP contribution in [0.25, 0.3) is 17.1 Å². The minimum atomic E-state index is -0.437. The first-order valence-electron chi connectivity index (χ1n) is 9.86. The third-order valence-electron chi connectivity index (χ3n) is 4.72. The molecule has 0 saturated heterocycles. The summed E-state index contributed by atoms with van der Waals surface area (Å²) in [4.78, 5) is 16.1. The lowest BCUT2D eigenvalue weighted by Crippen LogP contribution is -2.19. The van der Waals surface area contributed by atoms with Crippen LogP contribution in [-0.2, 0) is 4.79 Å². The largest absolute Gasteiger partial charge is 0.456 e. The number of nitriles is 1. The second-order valence-corrected chi connectivity index (χ2v) is 7.02. The molecule has 0 atom stereocenters. The number of pyridine rings is 1. The predicted octanol–water partition coefficient (Wildman–Crippen LogP) is 4.46. The molecule has 2 aromatic carbocycles. The van der Waals surface area contributed by atoms with Gasteiger partial charge in [0.05, 0.1) is 0 Å². The number of hydrogen-bond acceptors (Lipinski definition) is 6. The molecule has 4 aromatic rings. The number of anilines is 2. The zero-order valence-corrected chi connectivity index (χ0v) is 17.5. The van der Waals surface area contributed by atoms with Gasteiger partial charge >= 0.3 is 0 Å². The molecular formula is C24H20N6O2. The van der Waals surface area contributed by atoms with Gasteiger partial charge < -0.3 is 15.4 Å². The number of amides is 1. The van der Waals surface area contributed by atoms with Crippen molar-refractivity contribution in [3.8, 4) is 17.6 Å². The van der Waals surface area contributed by atoms with Crippen molar-refractivity contribution >= 4 is 34.5 Å². The van der Waals surface area contributed by atoms with Crippen molar-refractivity contribution in [2.75, 3.05) is 12.4 Å². The lowest BCUT2D eigenvalue weighted by atomic mass is 10.1. The summed E-state index contributed by atoms with van der Waals surface area (Å²) in [5, 5.41) is 22.9. The van der Waals surface area contributed by atoms with E-state index in [4.69, 9.17) is 4.74 Å². The van der Waals surface area contributed by atoms with Crippen LogP contribution in [0.3, 0.4) is 0 Å². The predicted molar refractivity (Wildman–Crippen MR) is 123 cm³/mol. The van der Waals surface area contributed by atoms with Gasteiger partial charge in [-0.2, -0.15) is 10.4 Å². The van der Waals surface area contributed by atoms with Gasteiger partial charge in [0.15, 0.2) is 11.5 Å². The minimum Gasteiger partial charge on any atom is -0.456 e. The highest BCUT2D eigenvalue weighted by Crippen LogP contribution is 2.34. The highest BCUT2D eigenvalue weighted by atomic mass is 16.5. The number of hydrogen-bond donors (Lipinski definition) is 3. The Morgan fingerprint density at radius 1 is 1.19 bits per heavy atom. The van der Waals surface area contributed by atoms with E-state index in [2.05, 4.69) is 25.8 Å². The average Bonchev–Trinajstić information content (AvgIpc) is 3.22. The maximum atomic E-state index is 11.8. The maximum absolute atomic E-state index is 11.8. The van der Waals surface area contributed by atoms with Crippen molar-refractivity contribution in [1.82, 2.24) is 20.5 Å². The van der Waals surface area contributed by atoms with E-state index >= 15 is 0 Å². The molecule has 3 N–H and O–H groups in total. The number of nitrogens with one attached hydrogen (secondary N) is 3. The Labute approximate surface area is 184 Å². The van der Waals surface area contributed by atoms with Crippen molar-refractivity contribution in [2.24, 2.45) is 0 Å². The van der Waals surface area contributed by atoms with Crippen molar-refractivity contribution in [3.63, 3.8) is 0 Å². The number of carbonyl (C=O) groups is 1. The molecule has 8 heteroatoms. The number of carbonyl (C=O) groups excluding carboxylic acids is 1. The van der Waals surface area contributed by atoms with E-state index in [1.807, 2.05) is 61.5 Å². The summed E-state index contributed by atoms with van der Waals surface area (Å²) in [6.45, 7) is 2.02. The highest BCUT2D eigenvalue weighted by molar-refractivity contribution is 6.01. The molecule has 0 fully saturated rings. The van der Waals surface area contributed by atoms with Gasteiger partial charge in [0, 0.05) is 25.0 Å². The minimum absolute atomic E-state index is 0.0212. The number of aryl methyl sites for hydroxylation is 1. The fraction of sp³-hybridized carbons (Fsp3) is 0.0833. The summed E-state index contributed by atoms with van der Waals surface area (Å²) in [6.07, 6.45) is 3.18. The molecule has 0 unspecified atom stereocenters. The second-order valence-electron chi connectivity index (χ2n) is 7.02. The average molecular weight is 424 g/mol. The van der Waals surface area contributed by atoms with E-state index in [1.54, 1.807) is 12.3 Å². The number of rotatable bonds is 6. The molecule has 2 aromatic heterocycles. The number of aromatic amines is 1. The van der Waals surface area contributed by atoms with E-state index in [1.165, 1.54) is 13.1 Å². The molecule has 0 spiro atoms. The second kappa shape index (κ2) is 9.02. The Morgan fingerprint density at radius 2 is 2.00 bits per heavy atom. The van der Waals surface area contributed by atoms with Gasteiger partial charge in [-0.3, -0.25) is 9.89 Å². The van der Waals surface area contributed by atoms with E-state index < -0.39 is 5.91 Å². The molecule has 8 nitrogen and oxygen atoms in total. The molecule has 0 radical (unpaired) electrons. The number of nitrogens with zero attached hydrogens (tertiary/aromatic N) is 3. The standard InChI is InChI=1S/C24H20N6O2/c1-15-6-8-19(9-7-15)32-20-10-11-27-22-21(20)23(30-29-22)28-18-5-3-4-16(13-18)12-17(14-25)24(31)26-2/h3-13H,1-2H3,(H,26,31)(H2,27,28,29,30)/b17-12+. The van der Waals surface area contributed by atoms with E-state index in [0.717, 1.165) is 11.3 Å². The quantitative estimate of drug-likeness (QED) is 0.311. The van der Waals surface area contributed by atoms with E-state index in [0.29, 0.717) is 33.9 Å². The Hall–Kier alpha value is -4.64. The van der Waals surface area contributed by atoms with Crippen LogP contribution in [0.2, 0.25) is 0 Å². The lowest BCUT2D eigenvalue weighted by Gasteiger charge is -2.09. The SMILES string of the molecule is CNC(=O)/C(C#N)=C/c1cccc(Nc2n[nH]c3nccc(Oc4ccc(C)cc4)c23)c1. The Kier molecular flexibility index (Phi) is 5.81. The number of fused-ring (bicyclic) bond motifs is 1. The Balaban J connectivity index is 1.65. The normalized spacial score (nSPS) is 11.1. The van der Waals surface area contributed by atoms with E-state index in [9.17, 15) is 10.1 Å². The first-order valence-corrected chi connectivity index (χ1v) is 9.86. The van der Waals surface area contributed by atoms with Gasteiger partial charge in [0.1, 0.15) is 28.5 Å². The molecule has 0 saturated carbocycles. The van der Waals surface area contributed by atoms with Crippen LogP contribution in [0.4, 0.5) is 11.5 Å². The van der Waals surface area contributed by atoms with Crippen molar-refractivity contribution in [2.45, 2.75) is 6.92 Å². The third-order valence-corrected chi connectivity index (χ3v) is 4.72. The molecule has 0 aliphatic heterocycles. The number of aromatic nitrogens is 3. The first-order chi connectivity index (χ1) is 15.6. The molecule has 158 valence electrons. The van der Waals surface area contributed by atoms with Crippen molar-refractivity contribution < 1.29 is 9.53 Å². The van der Waals surface area contributed by atoms with E-state index in [-0.39, 0.29) is 5.57 Å². The monoisotopic (exact) mass is 424 g/mol. The molecule has 0 aliphatic carbocycles. The van der Waals surface area contributed by atoms with Gasteiger partial charge in [0.2, 0.25) is 0 Å². The summed E-state index contributed by atoms with van der Waals surface area (Å²) in [5.41, 5.74) is 3.18. The van der Waals surface area contributed by atoms with Crippen LogP contribution in [0.5, 0.6) is 11.5 Å². The van der Waals surface area contributed by atoms with Gasteiger partial charge in [-0.05, 0) is 42.8 Å². The summed E-state index contributed by atoms with van der Waals surface area (Å²) >= 11 is 0. The van der Waals surface area contributed by atoms with Crippen molar-refractivity contribution in [1.29, 1.82) is 5.26 Å². The fourth-order valence-electron chi connectivity index (χ4n) is 3.12. The topological polar surface area (TPSA) is 116 Å². The maximum Gasteiger partial charge on any atom is 0.261 e. The zero-order valence-electron chi connectivity index (χ0n) is 17.5. The number of H-pyrrole nitrogens is 1. The Bertz CT molecular complexity index is 1350. The summed E-state index contributed by atoms with van der Waals surface area (Å²) in [5.74, 6) is 1.43. The summed E-state index contributed by atoms with van der Waals surface area (Å²) in [7, 11) is 1.48. The van der Waals surface area contributed by atoms with Gasteiger partial charge in [-0.1, -0.05) is 29.8 Å². The molecule has 4 rings (SSSR count). The third kappa shape index (κ3) is 4.42. The molecule has 1 amide bonds. The number of likely N-dealkylation sites (N-methyl/N-ethyl adjacent to an activating group) is 1. The fourth-order valence-corrected chi connectivity index (χ4v) is 3.12. The zero-order chi connectivity index (χ0) is 22.5. The molecular weight excluding hydrogens is 404 g/mol. The summed E-state index contributed by atoms with van der Waals surface area (Å²) < 4.78 is 6.08. The molecule has 0 aliphatic rings. The molecule has 2 heterocycles. The summed E-state index contributed by atoms with van der Waals surface area (Å²) in [6, 6.07) is 18.8. The van der Waals surface area contributed by atoms with Crippen LogP contribution in [0.15, 0.2) is 66.4 Å². The number of ether oxygens (including phenoxy) is 1. The first kappa shape index (κ1) is 20.6. The van der Waals surface area contributed by atoms with Crippen LogP contribution in [0.1, 0.15) is 11.1 Å². The highest BCUT2D eigenvalue weighted by Gasteiger charge is 2.14. The van der Waals surface area contributed by atoms with Crippen LogP contribution in [-0.4, -0.2) is 28.1 Å². The van der Waals surface area contributed by atoms with Crippen LogP contribution >= 0.6 is 0 Å². The van der Waals surface area contributed by atoms with Crippen LogP contribution < -0.4 is 15.4 Å². The molecule has 0 bridgehead atoms. The van der Waals surface area contributed by atoms with Gasteiger partial charge in [-0.15, -0.1) is 0 Å². The van der Waals surface area contributed by atoms with Gasteiger partial charge in [0.25, 0.3) is 5.91 Å². The number of benzene rings is 2. The van der Waals surface area contributed by atoms with Crippen LogP contribution in [0, 0.1) is 18.3 Å². The lowest BCUT2D eigenvalue weighted by molar-refractivity contribution is -0.116. The smallest absolute Gasteiger partial charge is 0.261 e.